The van der Waals surface area contributed by atoms with E-state index in [-0.39, 0.29) is 5.84 Å². The van der Waals surface area contributed by atoms with Gasteiger partial charge in [0.15, 0.2) is 5.84 Å². The Labute approximate surface area is 122 Å². The number of halogens is 1. The molecule has 6 heteroatoms. The lowest BCUT2D eigenvalue weighted by molar-refractivity contribution is 0.317. The zero-order valence-electron chi connectivity index (χ0n) is 11.7. The summed E-state index contributed by atoms with van der Waals surface area (Å²) in [7, 11) is 1.93. The minimum Gasteiger partial charge on any atom is -0.409 e. The largest absolute Gasteiger partial charge is 0.409 e. The highest BCUT2D eigenvalue weighted by molar-refractivity contribution is 5.97. The summed E-state index contributed by atoms with van der Waals surface area (Å²) in [4.78, 5) is 6.09. The lowest BCUT2D eigenvalue weighted by Gasteiger charge is -2.17. The molecule has 21 heavy (non-hydrogen) atoms. The maximum absolute atomic E-state index is 13.6. The molecule has 0 unspecified atom stereocenters. The first kappa shape index (κ1) is 14.9. The van der Waals surface area contributed by atoms with Crippen molar-refractivity contribution in [2.75, 3.05) is 7.05 Å². The molecule has 0 fully saturated rings. The second-order valence-corrected chi connectivity index (χ2v) is 4.87. The number of aromatic nitrogens is 1. The Hall–Kier alpha value is -2.47. The van der Waals surface area contributed by atoms with Gasteiger partial charge in [-0.3, -0.25) is 9.88 Å². The number of nitrogens with zero attached hydrogens (tertiary/aromatic N) is 3. The third-order valence-corrected chi connectivity index (χ3v) is 2.99. The van der Waals surface area contributed by atoms with E-state index in [1.54, 1.807) is 18.5 Å². The summed E-state index contributed by atoms with van der Waals surface area (Å²) in [6.07, 6.45) is 3.52. The zero-order chi connectivity index (χ0) is 15.2. The summed E-state index contributed by atoms with van der Waals surface area (Å²) in [5, 5.41) is 11.6. The van der Waals surface area contributed by atoms with Gasteiger partial charge in [0.25, 0.3) is 0 Å². The fraction of sp³-hybridized carbons (Fsp3) is 0.200. The summed E-state index contributed by atoms with van der Waals surface area (Å²) in [6, 6.07) is 8.24. The van der Waals surface area contributed by atoms with Crippen molar-refractivity contribution in [1.29, 1.82) is 0 Å². The molecule has 0 saturated heterocycles. The molecular formula is C15H17FN4O. The number of amidine groups is 1. The molecule has 1 aromatic heterocycles. The van der Waals surface area contributed by atoms with Crippen LogP contribution in [0.2, 0.25) is 0 Å². The maximum atomic E-state index is 13.6. The molecule has 110 valence electrons. The summed E-state index contributed by atoms with van der Waals surface area (Å²) in [6.45, 7) is 1.24. The normalized spacial score (nSPS) is 11.9. The molecule has 3 N–H and O–H groups in total. The van der Waals surface area contributed by atoms with Crippen LogP contribution in [0.25, 0.3) is 0 Å². The Morgan fingerprint density at radius 1 is 1.33 bits per heavy atom. The van der Waals surface area contributed by atoms with Crippen LogP contribution in [-0.4, -0.2) is 28.0 Å². The lowest BCUT2D eigenvalue weighted by Crippen LogP contribution is -2.19. The molecule has 0 radical (unpaired) electrons. The van der Waals surface area contributed by atoms with E-state index in [1.165, 1.54) is 12.1 Å². The van der Waals surface area contributed by atoms with Crippen molar-refractivity contribution in [1.82, 2.24) is 9.88 Å². The van der Waals surface area contributed by atoms with Crippen LogP contribution in [0.5, 0.6) is 0 Å². The summed E-state index contributed by atoms with van der Waals surface area (Å²) in [5.74, 6) is -0.519. The number of benzene rings is 1. The molecule has 1 aromatic carbocycles. The van der Waals surface area contributed by atoms with Gasteiger partial charge in [0.2, 0.25) is 0 Å². The van der Waals surface area contributed by atoms with Crippen molar-refractivity contribution >= 4 is 5.84 Å². The summed E-state index contributed by atoms with van der Waals surface area (Å²) < 4.78 is 13.6. The van der Waals surface area contributed by atoms with E-state index in [2.05, 4.69) is 10.1 Å². The molecule has 1 heterocycles. The first-order valence-corrected chi connectivity index (χ1v) is 6.43. The van der Waals surface area contributed by atoms with Gasteiger partial charge in [-0.05, 0) is 42.4 Å². The third kappa shape index (κ3) is 4.25. The predicted octanol–water partition coefficient (Wildman–Crippen LogP) is 1.95. The average molecular weight is 288 g/mol. The van der Waals surface area contributed by atoms with Gasteiger partial charge in [0, 0.05) is 31.0 Å². The van der Waals surface area contributed by atoms with Gasteiger partial charge in [-0.25, -0.2) is 4.39 Å². The lowest BCUT2D eigenvalue weighted by atomic mass is 10.1. The van der Waals surface area contributed by atoms with Crippen LogP contribution >= 0.6 is 0 Å². The SMILES string of the molecule is CN(Cc1cccnc1)Cc1cc(F)cc(/C(N)=N/O)c1. The molecule has 0 spiro atoms. The molecule has 0 saturated carbocycles. The second-order valence-electron chi connectivity index (χ2n) is 4.87. The Kier molecular flexibility index (Phi) is 4.84. The second kappa shape index (κ2) is 6.81. The smallest absolute Gasteiger partial charge is 0.170 e. The van der Waals surface area contributed by atoms with E-state index in [9.17, 15) is 4.39 Å². The number of rotatable bonds is 5. The van der Waals surface area contributed by atoms with Crippen LogP contribution in [0.3, 0.4) is 0 Å². The molecule has 0 aliphatic heterocycles. The molecule has 2 aromatic rings. The van der Waals surface area contributed by atoms with Crippen molar-refractivity contribution in [3.8, 4) is 0 Å². The van der Waals surface area contributed by atoms with Gasteiger partial charge in [0.05, 0.1) is 0 Å². The van der Waals surface area contributed by atoms with Crippen molar-refractivity contribution in [2.45, 2.75) is 13.1 Å². The van der Waals surface area contributed by atoms with Crippen LogP contribution < -0.4 is 5.73 Å². The summed E-state index contributed by atoms with van der Waals surface area (Å²) in [5.41, 5.74) is 7.69. The highest BCUT2D eigenvalue weighted by Crippen LogP contribution is 2.12. The van der Waals surface area contributed by atoms with Crippen LogP contribution in [0.1, 0.15) is 16.7 Å². The van der Waals surface area contributed by atoms with Crippen molar-refractivity contribution in [3.63, 3.8) is 0 Å². The van der Waals surface area contributed by atoms with Crippen LogP contribution in [0.15, 0.2) is 47.9 Å². The van der Waals surface area contributed by atoms with Gasteiger partial charge in [0.1, 0.15) is 5.82 Å². The summed E-state index contributed by atoms with van der Waals surface area (Å²) >= 11 is 0. The molecule has 0 aliphatic rings. The molecule has 0 aliphatic carbocycles. The fourth-order valence-corrected chi connectivity index (χ4v) is 2.12. The number of pyridine rings is 1. The van der Waals surface area contributed by atoms with Gasteiger partial charge in [-0.2, -0.15) is 0 Å². The topological polar surface area (TPSA) is 74.7 Å². The van der Waals surface area contributed by atoms with E-state index in [4.69, 9.17) is 10.9 Å². The number of hydrogen-bond donors (Lipinski definition) is 2. The van der Waals surface area contributed by atoms with Gasteiger partial charge < -0.3 is 10.9 Å². The van der Waals surface area contributed by atoms with Crippen LogP contribution in [-0.2, 0) is 13.1 Å². The Balaban J connectivity index is 2.10. The van der Waals surface area contributed by atoms with Gasteiger partial charge in [-0.1, -0.05) is 11.2 Å². The van der Waals surface area contributed by atoms with E-state index in [1.807, 2.05) is 24.1 Å². The van der Waals surface area contributed by atoms with Crippen molar-refractivity contribution < 1.29 is 9.60 Å². The average Bonchev–Trinajstić information content (AvgIpc) is 2.46. The fourth-order valence-electron chi connectivity index (χ4n) is 2.12. The van der Waals surface area contributed by atoms with Gasteiger partial charge >= 0.3 is 0 Å². The molecule has 2 rings (SSSR count). The monoisotopic (exact) mass is 288 g/mol. The van der Waals surface area contributed by atoms with E-state index >= 15 is 0 Å². The molecule has 0 atom stereocenters. The van der Waals surface area contributed by atoms with E-state index in [0.29, 0.717) is 18.7 Å². The Morgan fingerprint density at radius 3 is 2.76 bits per heavy atom. The van der Waals surface area contributed by atoms with Crippen LogP contribution in [0, 0.1) is 5.82 Å². The zero-order valence-corrected chi connectivity index (χ0v) is 11.7. The first-order valence-electron chi connectivity index (χ1n) is 6.43. The maximum Gasteiger partial charge on any atom is 0.170 e. The van der Waals surface area contributed by atoms with Crippen molar-refractivity contribution in [3.05, 3.63) is 65.2 Å². The highest BCUT2D eigenvalue weighted by Gasteiger charge is 2.07. The van der Waals surface area contributed by atoms with E-state index < -0.39 is 5.82 Å². The molecule has 0 bridgehead atoms. The Morgan fingerprint density at radius 2 is 2.10 bits per heavy atom. The first-order chi connectivity index (χ1) is 10.1. The minimum absolute atomic E-state index is 0.106. The number of oxime groups is 1. The van der Waals surface area contributed by atoms with Crippen molar-refractivity contribution in [2.24, 2.45) is 10.9 Å². The predicted molar refractivity (Wildman–Crippen MR) is 78.3 cm³/mol. The highest BCUT2D eigenvalue weighted by atomic mass is 19.1. The molecular weight excluding hydrogens is 271 g/mol. The van der Waals surface area contributed by atoms with Crippen LogP contribution in [0.4, 0.5) is 4.39 Å². The Bertz CT molecular complexity index is 631. The number of hydrogen-bond acceptors (Lipinski definition) is 4. The minimum atomic E-state index is -0.413. The molecule has 0 amide bonds. The standard InChI is InChI=1S/C15H17FN4O/c1-20(9-11-3-2-4-18-8-11)10-12-5-13(15(17)19-21)7-14(16)6-12/h2-8,21H,9-10H2,1H3,(H2,17,19). The third-order valence-electron chi connectivity index (χ3n) is 2.99. The number of nitrogens with two attached hydrogens (primary N) is 1. The van der Waals surface area contributed by atoms with Gasteiger partial charge in [-0.15, -0.1) is 0 Å². The quantitative estimate of drug-likeness (QED) is 0.382. The van der Waals surface area contributed by atoms with E-state index in [0.717, 1.165) is 11.1 Å². The molecule has 5 nitrogen and oxygen atoms in total.